The predicted molar refractivity (Wildman–Crippen MR) is 109 cm³/mol. The number of amides is 1. The topological polar surface area (TPSA) is 64.0 Å². The van der Waals surface area contributed by atoms with Crippen LogP contribution in [0, 0.1) is 6.92 Å². The molecule has 0 fully saturated rings. The fourth-order valence-corrected chi connectivity index (χ4v) is 4.89. The highest BCUT2D eigenvalue weighted by molar-refractivity contribution is 8.00. The Bertz CT molecular complexity index is 914. The second-order valence-electron chi connectivity index (χ2n) is 6.15. The summed E-state index contributed by atoms with van der Waals surface area (Å²) in [5, 5.41) is 4.41. The van der Waals surface area contributed by atoms with Crippen LogP contribution in [0.1, 0.15) is 25.1 Å². The molecule has 3 rings (SSSR count). The molecule has 1 N–H and O–H groups in total. The van der Waals surface area contributed by atoms with E-state index in [1.807, 2.05) is 26.0 Å². The average molecular weight is 410 g/mol. The number of hydrogen-bond acceptors (Lipinski definition) is 5. The van der Waals surface area contributed by atoms with Gasteiger partial charge in [0.05, 0.1) is 16.3 Å². The van der Waals surface area contributed by atoms with Gasteiger partial charge in [-0.3, -0.25) is 14.2 Å². The Labute approximate surface area is 165 Å². The van der Waals surface area contributed by atoms with Crippen LogP contribution in [0.2, 0.25) is 5.02 Å². The maximum Gasteiger partial charge on any atom is 0.268 e. The summed E-state index contributed by atoms with van der Waals surface area (Å²) in [7, 11) is 0. The molecule has 0 aliphatic carbocycles. The molecule has 1 aliphatic heterocycles. The molecular weight excluding hydrogens is 390 g/mol. The van der Waals surface area contributed by atoms with Crippen LogP contribution in [-0.2, 0) is 17.8 Å². The molecule has 1 atom stereocenters. The summed E-state index contributed by atoms with van der Waals surface area (Å²) in [6.07, 6.45) is 0.793. The van der Waals surface area contributed by atoms with E-state index < -0.39 is 0 Å². The quantitative estimate of drug-likeness (QED) is 0.597. The number of aryl methyl sites for hydroxylation is 1. The Morgan fingerprint density at radius 2 is 2.27 bits per heavy atom. The molecule has 2 aromatic rings. The third-order valence-electron chi connectivity index (χ3n) is 4.07. The summed E-state index contributed by atoms with van der Waals surface area (Å²) >= 11 is 8.96. The molecule has 0 radical (unpaired) electrons. The number of carbonyl (C=O) groups excluding carboxylic acids is 1. The van der Waals surface area contributed by atoms with Crippen LogP contribution >= 0.6 is 35.1 Å². The van der Waals surface area contributed by atoms with Crippen molar-refractivity contribution >= 4 is 46.7 Å². The standard InChI is InChI=1S/C18H20ClN3O2S2/c1-4-22-17(24)16-14(7-11(3)26-16)21-18(22)25-9-15(23)20-12-6-5-10(2)13(19)8-12/h5-6,8,11H,4,7,9H2,1-3H3,(H,20,23)/t11-/m1/s1. The van der Waals surface area contributed by atoms with Gasteiger partial charge < -0.3 is 5.32 Å². The Hall–Kier alpha value is -1.44. The molecule has 138 valence electrons. The lowest BCUT2D eigenvalue weighted by atomic mass is 10.2. The van der Waals surface area contributed by atoms with Gasteiger partial charge in [0, 0.05) is 28.9 Å². The number of fused-ring (bicyclic) bond motifs is 1. The van der Waals surface area contributed by atoms with Crippen molar-refractivity contribution in [1.29, 1.82) is 0 Å². The maximum absolute atomic E-state index is 12.6. The van der Waals surface area contributed by atoms with Gasteiger partial charge in [0.25, 0.3) is 5.56 Å². The van der Waals surface area contributed by atoms with E-state index in [-0.39, 0.29) is 17.2 Å². The summed E-state index contributed by atoms with van der Waals surface area (Å²) in [5.74, 6) is 0.0226. The Morgan fingerprint density at radius 3 is 2.96 bits per heavy atom. The Kier molecular flexibility index (Phi) is 5.99. The summed E-state index contributed by atoms with van der Waals surface area (Å²) in [6, 6.07) is 5.41. The number of benzene rings is 1. The first-order valence-corrected chi connectivity index (χ1v) is 10.6. The van der Waals surface area contributed by atoms with E-state index in [0.29, 0.717) is 27.7 Å². The van der Waals surface area contributed by atoms with Crippen LogP contribution in [0.15, 0.2) is 33.0 Å². The minimum Gasteiger partial charge on any atom is -0.325 e. The highest BCUT2D eigenvalue weighted by Gasteiger charge is 2.26. The van der Waals surface area contributed by atoms with Crippen molar-refractivity contribution in [2.45, 2.75) is 49.0 Å². The lowest BCUT2D eigenvalue weighted by Crippen LogP contribution is -2.25. The maximum atomic E-state index is 12.6. The third-order valence-corrected chi connectivity index (χ3v) is 6.67. The van der Waals surface area contributed by atoms with E-state index in [0.717, 1.165) is 22.6 Å². The van der Waals surface area contributed by atoms with E-state index in [1.54, 1.807) is 22.4 Å². The first kappa shape index (κ1) is 19.3. The highest BCUT2D eigenvalue weighted by Crippen LogP contribution is 2.34. The van der Waals surface area contributed by atoms with Gasteiger partial charge in [0.15, 0.2) is 5.16 Å². The molecule has 5 nitrogen and oxygen atoms in total. The third kappa shape index (κ3) is 4.10. The van der Waals surface area contributed by atoms with Crippen LogP contribution < -0.4 is 10.9 Å². The zero-order chi connectivity index (χ0) is 18.8. The SMILES string of the molecule is CCn1c(SCC(=O)Nc2ccc(C)c(Cl)c2)nc2c(c1=O)S[C@H](C)C2. The molecule has 0 bridgehead atoms. The van der Waals surface area contributed by atoms with Crippen molar-refractivity contribution in [2.24, 2.45) is 0 Å². The summed E-state index contributed by atoms with van der Waals surface area (Å²) in [4.78, 5) is 30.3. The van der Waals surface area contributed by atoms with Gasteiger partial charge in [-0.15, -0.1) is 11.8 Å². The number of carbonyl (C=O) groups is 1. The summed E-state index contributed by atoms with van der Waals surface area (Å²) in [6.45, 7) is 6.45. The molecular formula is C18H20ClN3O2S2. The average Bonchev–Trinajstić information content (AvgIpc) is 2.97. The smallest absolute Gasteiger partial charge is 0.268 e. The molecule has 1 amide bonds. The molecule has 1 aromatic heterocycles. The number of hydrogen-bond donors (Lipinski definition) is 1. The van der Waals surface area contributed by atoms with E-state index in [1.165, 1.54) is 11.8 Å². The van der Waals surface area contributed by atoms with Crippen LogP contribution in [0.25, 0.3) is 0 Å². The number of rotatable bonds is 5. The zero-order valence-electron chi connectivity index (χ0n) is 14.8. The summed E-state index contributed by atoms with van der Waals surface area (Å²) < 4.78 is 1.64. The fraction of sp³-hybridized carbons (Fsp3) is 0.389. The Balaban J connectivity index is 1.72. The van der Waals surface area contributed by atoms with Gasteiger partial charge in [0.2, 0.25) is 5.91 Å². The molecule has 0 unspecified atom stereocenters. The molecule has 1 aromatic carbocycles. The number of nitrogens with zero attached hydrogens (tertiary/aromatic N) is 2. The van der Waals surface area contributed by atoms with E-state index >= 15 is 0 Å². The monoisotopic (exact) mass is 409 g/mol. The van der Waals surface area contributed by atoms with Gasteiger partial charge in [-0.25, -0.2) is 4.98 Å². The molecule has 1 aliphatic rings. The van der Waals surface area contributed by atoms with E-state index in [9.17, 15) is 9.59 Å². The molecule has 0 saturated carbocycles. The van der Waals surface area contributed by atoms with Crippen molar-refractivity contribution in [2.75, 3.05) is 11.1 Å². The molecule has 8 heteroatoms. The fourth-order valence-electron chi connectivity index (χ4n) is 2.72. The molecule has 2 heterocycles. The molecule has 26 heavy (non-hydrogen) atoms. The minimum absolute atomic E-state index is 0.0000690. The van der Waals surface area contributed by atoms with Crippen molar-refractivity contribution < 1.29 is 4.79 Å². The van der Waals surface area contributed by atoms with Gasteiger partial charge >= 0.3 is 0 Å². The van der Waals surface area contributed by atoms with E-state index in [2.05, 4.69) is 17.2 Å². The minimum atomic E-state index is -0.157. The van der Waals surface area contributed by atoms with Gasteiger partial charge in [-0.2, -0.15) is 0 Å². The number of aromatic nitrogens is 2. The summed E-state index contributed by atoms with van der Waals surface area (Å²) in [5.41, 5.74) is 2.47. The normalized spacial score (nSPS) is 15.8. The van der Waals surface area contributed by atoms with Crippen molar-refractivity contribution in [1.82, 2.24) is 9.55 Å². The van der Waals surface area contributed by atoms with Gasteiger partial charge in [-0.05, 0) is 31.5 Å². The first-order valence-electron chi connectivity index (χ1n) is 8.38. The van der Waals surface area contributed by atoms with Crippen LogP contribution in [0.3, 0.4) is 0 Å². The van der Waals surface area contributed by atoms with Crippen molar-refractivity contribution in [3.63, 3.8) is 0 Å². The first-order chi connectivity index (χ1) is 12.4. The molecule has 0 saturated heterocycles. The predicted octanol–water partition coefficient (Wildman–Crippen LogP) is 3.99. The van der Waals surface area contributed by atoms with Crippen molar-refractivity contribution in [3.05, 3.63) is 44.8 Å². The van der Waals surface area contributed by atoms with Gasteiger partial charge in [-0.1, -0.05) is 36.4 Å². The molecule has 0 spiro atoms. The van der Waals surface area contributed by atoms with Crippen LogP contribution in [-0.4, -0.2) is 26.5 Å². The number of thioether (sulfide) groups is 2. The number of anilines is 1. The zero-order valence-corrected chi connectivity index (χ0v) is 17.2. The van der Waals surface area contributed by atoms with Crippen molar-refractivity contribution in [3.8, 4) is 0 Å². The number of halogens is 1. The number of nitrogens with one attached hydrogen (secondary N) is 1. The largest absolute Gasteiger partial charge is 0.325 e. The van der Waals surface area contributed by atoms with Crippen LogP contribution in [0.4, 0.5) is 5.69 Å². The van der Waals surface area contributed by atoms with Crippen LogP contribution in [0.5, 0.6) is 0 Å². The highest BCUT2D eigenvalue weighted by atomic mass is 35.5. The lowest BCUT2D eigenvalue weighted by Gasteiger charge is -2.12. The lowest BCUT2D eigenvalue weighted by molar-refractivity contribution is -0.113. The van der Waals surface area contributed by atoms with E-state index in [4.69, 9.17) is 11.6 Å². The second kappa shape index (κ2) is 8.06. The Morgan fingerprint density at radius 1 is 1.50 bits per heavy atom. The second-order valence-corrected chi connectivity index (χ2v) is 8.95. The van der Waals surface area contributed by atoms with Gasteiger partial charge in [0.1, 0.15) is 0 Å².